The van der Waals surface area contributed by atoms with Gasteiger partial charge < -0.3 is 19.4 Å². The Hall–Kier alpha value is -3.61. The van der Waals surface area contributed by atoms with Gasteiger partial charge in [-0.25, -0.2) is 9.59 Å². The Bertz CT molecular complexity index is 1280. The number of ether oxygens (including phenoxy) is 2. The molecule has 35 heavy (non-hydrogen) atoms. The summed E-state index contributed by atoms with van der Waals surface area (Å²) in [4.78, 5) is 43.4. The summed E-state index contributed by atoms with van der Waals surface area (Å²) in [5, 5.41) is 0.540. The average molecular weight is 477 g/mol. The van der Waals surface area contributed by atoms with Gasteiger partial charge in [-0.2, -0.15) is 0 Å². The summed E-state index contributed by atoms with van der Waals surface area (Å²) in [6.45, 7) is 6.65. The van der Waals surface area contributed by atoms with E-state index < -0.39 is 11.6 Å². The molecule has 1 aliphatic heterocycles. The van der Waals surface area contributed by atoms with E-state index in [1.165, 1.54) is 7.11 Å². The van der Waals surface area contributed by atoms with E-state index in [1.54, 1.807) is 4.90 Å². The molecule has 1 amide bonds. The molecule has 1 saturated heterocycles. The van der Waals surface area contributed by atoms with E-state index in [4.69, 9.17) is 9.47 Å². The number of methoxy groups -OCH3 is 1. The Morgan fingerprint density at radius 3 is 2.34 bits per heavy atom. The van der Waals surface area contributed by atoms with Crippen LogP contribution in [0.2, 0.25) is 0 Å². The van der Waals surface area contributed by atoms with E-state index in [0.29, 0.717) is 36.0 Å². The Morgan fingerprint density at radius 2 is 1.71 bits per heavy atom. The maximum Gasteiger partial charge on any atom is 0.410 e. The molecule has 4 rings (SSSR count). The number of carbonyl (C=O) groups excluding carboxylic acids is 2. The van der Waals surface area contributed by atoms with Crippen LogP contribution in [-0.2, 0) is 15.9 Å². The van der Waals surface area contributed by atoms with Crippen LogP contribution in [0, 0.1) is 5.92 Å². The van der Waals surface area contributed by atoms with Gasteiger partial charge in [0.2, 0.25) is 0 Å². The number of amides is 1. The Labute approximate surface area is 205 Å². The predicted octanol–water partition coefficient (Wildman–Crippen LogP) is 5.17. The maximum absolute atomic E-state index is 13.5. The van der Waals surface area contributed by atoms with Crippen molar-refractivity contribution in [2.45, 2.75) is 45.6 Å². The highest BCUT2D eigenvalue weighted by Crippen LogP contribution is 2.26. The number of hydrogen-bond acceptors (Lipinski definition) is 5. The number of aromatic nitrogens is 1. The van der Waals surface area contributed by atoms with Crippen molar-refractivity contribution in [3.63, 3.8) is 0 Å². The molecule has 1 aliphatic rings. The Morgan fingerprint density at radius 1 is 1.03 bits per heavy atom. The third-order valence-corrected chi connectivity index (χ3v) is 6.36. The van der Waals surface area contributed by atoms with Crippen molar-refractivity contribution in [2.24, 2.45) is 5.92 Å². The minimum atomic E-state index is -0.560. The molecule has 0 unspecified atom stereocenters. The van der Waals surface area contributed by atoms with Crippen LogP contribution in [-0.4, -0.2) is 47.7 Å². The highest BCUT2D eigenvalue weighted by molar-refractivity contribution is 5.94. The van der Waals surface area contributed by atoms with Crippen molar-refractivity contribution in [1.82, 2.24) is 9.88 Å². The molecular weight excluding hydrogens is 444 g/mol. The minimum absolute atomic E-state index is 0.159. The molecule has 0 aliphatic carbocycles. The Kier molecular flexibility index (Phi) is 6.96. The van der Waals surface area contributed by atoms with E-state index in [0.717, 1.165) is 24.0 Å². The monoisotopic (exact) mass is 476 g/mol. The molecule has 1 N–H and O–H groups in total. The number of esters is 1. The lowest BCUT2D eigenvalue weighted by atomic mass is 9.88. The van der Waals surface area contributed by atoms with Crippen molar-refractivity contribution in [3.05, 3.63) is 70.0 Å². The van der Waals surface area contributed by atoms with E-state index in [-0.39, 0.29) is 23.1 Å². The average Bonchev–Trinajstić information content (AvgIpc) is 2.84. The lowest BCUT2D eigenvalue weighted by Crippen LogP contribution is -2.42. The highest BCUT2D eigenvalue weighted by Gasteiger charge is 2.29. The third-order valence-electron chi connectivity index (χ3n) is 6.36. The van der Waals surface area contributed by atoms with Gasteiger partial charge in [0.1, 0.15) is 11.3 Å². The van der Waals surface area contributed by atoms with Gasteiger partial charge in [-0.1, -0.05) is 36.4 Å². The van der Waals surface area contributed by atoms with E-state index in [2.05, 4.69) is 4.98 Å². The third kappa shape index (κ3) is 5.56. The summed E-state index contributed by atoms with van der Waals surface area (Å²) in [5.41, 5.74) is 2.51. The largest absolute Gasteiger partial charge is 0.464 e. The second kappa shape index (κ2) is 9.94. The number of fused-ring (bicyclic) bond motifs is 1. The van der Waals surface area contributed by atoms with Gasteiger partial charge in [-0.15, -0.1) is 0 Å². The summed E-state index contributed by atoms with van der Waals surface area (Å²) in [7, 11) is 1.31. The lowest BCUT2D eigenvalue weighted by molar-refractivity contribution is 0.0184. The van der Waals surface area contributed by atoms with Crippen molar-refractivity contribution in [1.29, 1.82) is 0 Å². The van der Waals surface area contributed by atoms with E-state index >= 15 is 0 Å². The molecule has 7 nitrogen and oxygen atoms in total. The molecule has 1 aromatic heterocycles. The first-order valence-corrected chi connectivity index (χ1v) is 12.0. The van der Waals surface area contributed by atoms with Crippen LogP contribution in [0.5, 0.6) is 0 Å². The summed E-state index contributed by atoms with van der Waals surface area (Å²) in [6, 6.07) is 15.5. The first-order chi connectivity index (χ1) is 16.7. The molecule has 0 spiro atoms. The normalized spacial score (nSPS) is 14.7. The quantitative estimate of drug-likeness (QED) is 0.525. The molecule has 2 aromatic carbocycles. The SMILES string of the molecule is COC(=O)c1[nH]c2cc(-c3ccccc3)ccc2c(=O)c1CC1CCN(C(=O)OC(C)(C)C)CC1. The number of hydrogen-bond donors (Lipinski definition) is 1. The molecule has 0 bridgehead atoms. The zero-order valence-corrected chi connectivity index (χ0v) is 20.7. The van der Waals surface area contributed by atoms with Crippen molar-refractivity contribution in [2.75, 3.05) is 20.2 Å². The van der Waals surface area contributed by atoms with Crippen molar-refractivity contribution >= 4 is 23.0 Å². The number of H-pyrrole nitrogens is 1. The number of likely N-dealkylation sites (tertiary alicyclic amines) is 1. The van der Waals surface area contributed by atoms with Crippen LogP contribution in [0.4, 0.5) is 4.79 Å². The number of nitrogens with zero attached hydrogens (tertiary/aromatic N) is 1. The molecule has 7 heteroatoms. The smallest absolute Gasteiger partial charge is 0.410 e. The topological polar surface area (TPSA) is 88.7 Å². The molecule has 3 aromatic rings. The van der Waals surface area contributed by atoms with Gasteiger partial charge in [0, 0.05) is 24.0 Å². The van der Waals surface area contributed by atoms with Crippen LogP contribution in [0.3, 0.4) is 0 Å². The van der Waals surface area contributed by atoms with Crippen molar-refractivity contribution in [3.8, 4) is 11.1 Å². The number of piperidine rings is 1. The first kappa shape index (κ1) is 24.5. The van der Waals surface area contributed by atoms with Gasteiger partial charge >= 0.3 is 12.1 Å². The van der Waals surface area contributed by atoms with Gasteiger partial charge in [0.25, 0.3) is 0 Å². The zero-order chi connectivity index (χ0) is 25.2. The molecule has 1 fully saturated rings. The summed E-state index contributed by atoms with van der Waals surface area (Å²) in [5.74, 6) is -0.394. The summed E-state index contributed by atoms with van der Waals surface area (Å²) in [6.07, 6.45) is 1.58. The van der Waals surface area contributed by atoms with Crippen LogP contribution in [0.15, 0.2) is 53.3 Å². The maximum atomic E-state index is 13.5. The molecule has 0 radical (unpaired) electrons. The fraction of sp³-hybridized carbons (Fsp3) is 0.393. The number of benzene rings is 2. The molecule has 184 valence electrons. The zero-order valence-electron chi connectivity index (χ0n) is 20.7. The Balaban J connectivity index is 1.60. The second-order valence-electron chi connectivity index (χ2n) is 10.0. The van der Waals surface area contributed by atoms with Gasteiger partial charge in [0.15, 0.2) is 5.43 Å². The van der Waals surface area contributed by atoms with Crippen LogP contribution in [0.1, 0.15) is 49.7 Å². The lowest BCUT2D eigenvalue weighted by Gasteiger charge is -2.33. The predicted molar refractivity (Wildman–Crippen MR) is 136 cm³/mol. The van der Waals surface area contributed by atoms with E-state index in [1.807, 2.05) is 69.3 Å². The summed E-state index contributed by atoms with van der Waals surface area (Å²) >= 11 is 0. The number of rotatable bonds is 4. The van der Waals surface area contributed by atoms with Crippen LogP contribution < -0.4 is 5.43 Å². The van der Waals surface area contributed by atoms with Crippen LogP contribution in [0.25, 0.3) is 22.0 Å². The van der Waals surface area contributed by atoms with Gasteiger partial charge in [-0.3, -0.25) is 4.79 Å². The molecule has 2 heterocycles. The standard InChI is InChI=1S/C28H32N2O5/c1-28(2,3)35-27(33)30-14-12-18(13-15-30)16-22-24(26(32)34-4)29-23-17-20(10-11-21(23)25(22)31)19-8-6-5-7-9-19/h5-11,17-18H,12-16H2,1-4H3,(H,29,31). The number of pyridine rings is 1. The fourth-order valence-electron chi connectivity index (χ4n) is 4.55. The number of aromatic amines is 1. The fourth-order valence-corrected chi connectivity index (χ4v) is 4.55. The number of nitrogens with one attached hydrogen (secondary N) is 1. The van der Waals surface area contributed by atoms with Crippen molar-refractivity contribution < 1.29 is 19.1 Å². The molecule has 0 atom stereocenters. The number of carbonyl (C=O) groups is 2. The highest BCUT2D eigenvalue weighted by atomic mass is 16.6. The first-order valence-electron chi connectivity index (χ1n) is 12.0. The van der Waals surface area contributed by atoms with E-state index in [9.17, 15) is 14.4 Å². The molecular formula is C28H32N2O5. The minimum Gasteiger partial charge on any atom is -0.464 e. The van der Waals surface area contributed by atoms with Gasteiger partial charge in [-0.05, 0) is 69.2 Å². The van der Waals surface area contributed by atoms with Gasteiger partial charge in [0.05, 0.1) is 12.6 Å². The second-order valence-corrected chi connectivity index (χ2v) is 10.0. The summed E-state index contributed by atoms with van der Waals surface area (Å²) < 4.78 is 10.5. The molecule has 0 saturated carbocycles. The van der Waals surface area contributed by atoms with Crippen LogP contribution >= 0.6 is 0 Å².